The summed E-state index contributed by atoms with van der Waals surface area (Å²) in [6, 6.07) is 16.8. The SMILES string of the molecule is C=CCC1(C)CN(C(=O)OCC2c3ccccc3-c3ccccc32)C1. The van der Waals surface area contributed by atoms with E-state index in [-0.39, 0.29) is 17.4 Å². The van der Waals surface area contributed by atoms with Crippen molar-refractivity contribution in [1.29, 1.82) is 0 Å². The van der Waals surface area contributed by atoms with Gasteiger partial charge in [-0.2, -0.15) is 0 Å². The molecule has 0 spiro atoms. The number of amides is 1. The zero-order valence-corrected chi connectivity index (χ0v) is 14.6. The Morgan fingerprint density at radius 1 is 1.16 bits per heavy atom. The Balaban J connectivity index is 1.45. The van der Waals surface area contributed by atoms with E-state index in [0.29, 0.717) is 6.61 Å². The van der Waals surface area contributed by atoms with Gasteiger partial charge in [-0.05, 0) is 28.7 Å². The van der Waals surface area contributed by atoms with E-state index in [1.165, 1.54) is 22.3 Å². The number of carbonyl (C=O) groups is 1. The fourth-order valence-electron chi connectivity index (χ4n) is 4.17. The van der Waals surface area contributed by atoms with Crippen LogP contribution in [-0.2, 0) is 4.74 Å². The van der Waals surface area contributed by atoms with Crippen LogP contribution in [0.3, 0.4) is 0 Å². The van der Waals surface area contributed by atoms with Crippen LogP contribution >= 0.6 is 0 Å². The molecular formula is C22H23NO2. The van der Waals surface area contributed by atoms with Crippen LogP contribution < -0.4 is 0 Å². The number of carbonyl (C=O) groups excluding carboxylic acids is 1. The molecule has 0 aromatic heterocycles. The van der Waals surface area contributed by atoms with Gasteiger partial charge < -0.3 is 9.64 Å². The van der Waals surface area contributed by atoms with E-state index in [0.717, 1.165) is 19.5 Å². The molecule has 1 saturated heterocycles. The van der Waals surface area contributed by atoms with Gasteiger partial charge in [0.2, 0.25) is 0 Å². The zero-order chi connectivity index (χ0) is 17.4. The van der Waals surface area contributed by atoms with Crippen LogP contribution in [0.4, 0.5) is 4.79 Å². The molecule has 1 aliphatic heterocycles. The summed E-state index contributed by atoms with van der Waals surface area (Å²) in [5, 5.41) is 0. The molecule has 3 heteroatoms. The summed E-state index contributed by atoms with van der Waals surface area (Å²) in [7, 11) is 0. The number of rotatable bonds is 4. The average molecular weight is 333 g/mol. The van der Waals surface area contributed by atoms with Gasteiger partial charge in [0.1, 0.15) is 6.61 Å². The number of hydrogen-bond donors (Lipinski definition) is 0. The molecular weight excluding hydrogens is 310 g/mol. The molecule has 0 N–H and O–H groups in total. The number of benzene rings is 2. The second-order valence-electron chi connectivity index (χ2n) is 7.46. The number of nitrogens with zero attached hydrogens (tertiary/aromatic N) is 1. The van der Waals surface area contributed by atoms with Gasteiger partial charge in [-0.15, -0.1) is 6.58 Å². The van der Waals surface area contributed by atoms with Gasteiger partial charge in [-0.3, -0.25) is 0 Å². The third kappa shape index (κ3) is 2.74. The second-order valence-corrected chi connectivity index (χ2v) is 7.46. The first-order valence-electron chi connectivity index (χ1n) is 8.82. The number of hydrogen-bond acceptors (Lipinski definition) is 2. The molecule has 0 radical (unpaired) electrons. The molecule has 0 atom stereocenters. The van der Waals surface area contributed by atoms with Crippen molar-refractivity contribution in [3.8, 4) is 11.1 Å². The van der Waals surface area contributed by atoms with E-state index >= 15 is 0 Å². The molecule has 2 aliphatic rings. The highest BCUT2D eigenvalue weighted by molar-refractivity contribution is 5.79. The molecule has 1 heterocycles. The van der Waals surface area contributed by atoms with Gasteiger partial charge in [0.15, 0.2) is 0 Å². The molecule has 0 unspecified atom stereocenters. The molecule has 128 valence electrons. The molecule has 2 aromatic rings. The number of likely N-dealkylation sites (tertiary alicyclic amines) is 1. The lowest BCUT2D eigenvalue weighted by atomic mass is 9.79. The van der Waals surface area contributed by atoms with Crippen molar-refractivity contribution < 1.29 is 9.53 Å². The maximum absolute atomic E-state index is 12.4. The number of fused-ring (bicyclic) bond motifs is 3. The minimum atomic E-state index is -0.205. The first kappa shape index (κ1) is 15.9. The molecule has 4 rings (SSSR count). The Hall–Kier alpha value is -2.55. The molecule has 1 aliphatic carbocycles. The lowest BCUT2D eigenvalue weighted by Crippen LogP contribution is -2.56. The predicted octanol–water partition coefficient (Wildman–Crippen LogP) is 4.83. The van der Waals surface area contributed by atoms with E-state index in [1.54, 1.807) is 4.90 Å². The summed E-state index contributed by atoms with van der Waals surface area (Å²) in [6.07, 6.45) is 2.65. The average Bonchev–Trinajstić information content (AvgIpc) is 2.92. The van der Waals surface area contributed by atoms with Crippen molar-refractivity contribution in [3.63, 3.8) is 0 Å². The Kier molecular flexibility index (Phi) is 3.87. The first-order chi connectivity index (χ1) is 12.1. The highest BCUT2D eigenvalue weighted by Crippen LogP contribution is 2.44. The van der Waals surface area contributed by atoms with Crippen LogP contribution in [0.1, 0.15) is 30.4 Å². The largest absolute Gasteiger partial charge is 0.448 e. The van der Waals surface area contributed by atoms with Crippen molar-refractivity contribution in [2.24, 2.45) is 5.41 Å². The van der Waals surface area contributed by atoms with Crippen LogP contribution in [0.15, 0.2) is 61.2 Å². The summed E-state index contributed by atoms with van der Waals surface area (Å²) >= 11 is 0. The topological polar surface area (TPSA) is 29.5 Å². The quantitative estimate of drug-likeness (QED) is 0.750. The van der Waals surface area contributed by atoms with Crippen LogP contribution in [0.25, 0.3) is 11.1 Å². The monoisotopic (exact) mass is 333 g/mol. The third-order valence-corrected chi connectivity index (χ3v) is 5.38. The number of ether oxygens (including phenoxy) is 1. The maximum atomic E-state index is 12.4. The molecule has 3 nitrogen and oxygen atoms in total. The van der Waals surface area contributed by atoms with Crippen molar-refractivity contribution in [3.05, 3.63) is 72.3 Å². The van der Waals surface area contributed by atoms with Crippen molar-refractivity contribution in [2.45, 2.75) is 19.3 Å². The summed E-state index contributed by atoms with van der Waals surface area (Å²) in [5.41, 5.74) is 5.16. The lowest BCUT2D eigenvalue weighted by molar-refractivity contribution is 0.00782. The summed E-state index contributed by atoms with van der Waals surface area (Å²) in [5.74, 6) is 0.122. The predicted molar refractivity (Wildman–Crippen MR) is 99.6 cm³/mol. The Bertz CT molecular complexity index is 775. The normalized spacial score (nSPS) is 17.4. The van der Waals surface area contributed by atoms with Gasteiger partial charge in [0.25, 0.3) is 0 Å². The van der Waals surface area contributed by atoms with Crippen LogP contribution in [0, 0.1) is 5.41 Å². The van der Waals surface area contributed by atoms with E-state index in [1.807, 2.05) is 6.08 Å². The van der Waals surface area contributed by atoms with Gasteiger partial charge in [0, 0.05) is 24.4 Å². The van der Waals surface area contributed by atoms with E-state index in [2.05, 4.69) is 62.0 Å². The Morgan fingerprint density at radius 2 is 1.72 bits per heavy atom. The van der Waals surface area contributed by atoms with Crippen molar-refractivity contribution in [2.75, 3.05) is 19.7 Å². The minimum absolute atomic E-state index is 0.122. The van der Waals surface area contributed by atoms with Gasteiger partial charge in [0.05, 0.1) is 0 Å². The van der Waals surface area contributed by atoms with E-state index < -0.39 is 0 Å². The second kappa shape index (κ2) is 6.07. The van der Waals surface area contributed by atoms with Gasteiger partial charge >= 0.3 is 6.09 Å². The molecule has 1 amide bonds. The van der Waals surface area contributed by atoms with Crippen LogP contribution in [0.5, 0.6) is 0 Å². The van der Waals surface area contributed by atoms with Crippen LogP contribution in [0.2, 0.25) is 0 Å². The number of allylic oxidation sites excluding steroid dienone is 1. The van der Waals surface area contributed by atoms with Crippen molar-refractivity contribution in [1.82, 2.24) is 4.90 Å². The lowest BCUT2D eigenvalue weighted by Gasteiger charge is -2.46. The van der Waals surface area contributed by atoms with E-state index in [9.17, 15) is 4.79 Å². The Labute approximate surface area is 148 Å². The maximum Gasteiger partial charge on any atom is 0.409 e. The molecule has 1 fully saturated rings. The van der Waals surface area contributed by atoms with Crippen LogP contribution in [-0.4, -0.2) is 30.7 Å². The smallest absolute Gasteiger partial charge is 0.409 e. The summed E-state index contributed by atoms with van der Waals surface area (Å²) in [6.45, 7) is 7.86. The van der Waals surface area contributed by atoms with Gasteiger partial charge in [-0.25, -0.2) is 4.79 Å². The Morgan fingerprint density at radius 3 is 2.28 bits per heavy atom. The molecule has 0 bridgehead atoms. The standard InChI is InChI=1S/C22H23NO2/c1-3-12-22(2)14-23(15-22)21(24)25-13-20-18-10-6-4-8-16(18)17-9-5-7-11-19(17)20/h3-11,20H,1,12-15H2,2H3. The van der Waals surface area contributed by atoms with E-state index in [4.69, 9.17) is 4.74 Å². The molecule has 2 aromatic carbocycles. The fraction of sp³-hybridized carbons (Fsp3) is 0.318. The molecule has 0 saturated carbocycles. The minimum Gasteiger partial charge on any atom is -0.448 e. The fourth-order valence-corrected chi connectivity index (χ4v) is 4.17. The first-order valence-corrected chi connectivity index (χ1v) is 8.82. The summed E-state index contributed by atoms with van der Waals surface area (Å²) in [4.78, 5) is 14.2. The summed E-state index contributed by atoms with van der Waals surface area (Å²) < 4.78 is 5.68. The highest BCUT2D eigenvalue weighted by atomic mass is 16.6. The van der Waals surface area contributed by atoms with Gasteiger partial charge in [-0.1, -0.05) is 61.5 Å². The van der Waals surface area contributed by atoms with Crippen molar-refractivity contribution >= 4 is 6.09 Å². The highest BCUT2D eigenvalue weighted by Gasteiger charge is 2.41. The molecule has 25 heavy (non-hydrogen) atoms. The zero-order valence-electron chi connectivity index (χ0n) is 14.6. The third-order valence-electron chi connectivity index (χ3n) is 5.38.